The van der Waals surface area contributed by atoms with Crippen LogP contribution in [0.5, 0.6) is 0 Å². The van der Waals surface area contributed by atoms with Crippen molar-refractivity contribution in [2.45, 2.75) is 38.0 Å². The zero-order chi connectivity index (χ0) is 13.2. The predicted molar refractivity (Wildman–Crippen MR) is 79.1 cm³/mol. The molecule has 1 aromatic carbocycles. The van der Waals surface area contributed by atoms with Gasteiger partial charge in [0.25, 0.3) is 0 Å². The van der Waals surface area contributed by atoms with Crippen LogP contribution in [0, 0.1) is 5.92 Å². The maximum Gasteiger partial charge on any atom is 0.0955 e. The molecule has 1 fully saturated rings. The first-order chi connectivity index (χ1) is 9.29. The highest BCUT2D eigenvalue weighted by Gasteiger charge is 2.24. The van der Waals surface area contributed by atoms with Crippen molar-refractivity contribution in [1.82, 2.24) is 9.55 Å². The normalized spacial score (nSPS) is 18.8. The monoisotopic (exact) mass is 257 g/mol. The van der Waals surface area contributed by atoms with E-state index < -0.39 is 0 Å². The number of fused-ring (bicyclic) bond motifs is 1. The minimum atomic E-state index is 0.506. The van der Waals surface area contributed by atoms with Crippen LogP contribution in [0.1, 0.15) is 43.6 Å². The van der Waals surface area contributed by atoms with E-state index in [1.807, 2.05) is 13.4 Å². The van der Waals surface area contributed by atoms with Gasteiger partial charge in [0.15, 0.2) is 0 Å². The van der Waals surface area contributed by atoms with Crippen molar-refractivity contribution in [3.63, 3.8) is 0 Å². The summed E-state index contributed by atoms with van der Waals surface area (Å²) in [5.74, 6) is 1.27. The number of aryl methyl sites for hydroxylation is 1. The number of imidazole rings is 1. The van der Waals surface area contributed by atoms with Gasteiger partial charge in [0.2, 0.25) is 0 Å². The first-order valence-electron chi connectivity index (χ1n) is 7.40. The summed E-state index contributed by atoms with van der Waals surface area (Å²) in [7, 11) is 2.04. The Kier molecular flexibility index (Phi) is 3.56. The molecule has 0 spiro atoms. The Morgan fingerprint density at radius 2 is 2.11 bits per heavy atom. The van der Waals surface area contributed by atoms with E-state index in [-0.39, 0.29) is 0 Å². The Labute approximate surface area is 114 Å². The first kappa shape index (κ1) is 12.7. The number of benzene rings is 1. The smallest absolute Gasteiger partial charge is 0.0955 e. The minimum Gasteiger partial charge on any atom is -0.334 e. The molecule has 0 radical (unpaired) electrons. The second-order valence-electron chi connectivity index (χ2n) is 5.84. The predicted octanol–water partition coefficient (Wildman–Crippen LogP) is 3.20. The van der Waals surface area contributed by atoms with Crippen LogP contribution < -0.4 is 5.73 Å². The zero-order valence-corrected chi connectivity index (χ0v) is 11.7. The number of hydrogen-bond donors (Lipinski definition) is 1. The van der Waals surface area contributed by atoms with Crippen LogP contribution in [0.25, 0.3) is 11.0 Å². The second kappa shape index (κ2) is 5.33. The van der Waals surface area contributed by atoms with Crippen LogP contribution in [0.15, 0.2) is 24.5 Å². The number of hydrogen-bond acceptors (Lipinski definition) is 2. The van der Waals surface area contributed by atoms with Gasteiger partial charge in [-0.05, 0) is 48.9 Å². The Hall–Kier alpha value is -1.35. The summed E-state index contributed by atoms with van der Waals surface area (Å²) in [6, 6.07) is 6.67. The lowest BCUT2D eigenvalue weighted by Gasteiger charge is -2.29. The number of nitrogens with two attached hydrogens (primary N) is 1. The molecule has 102 valence electrons. The summed E-state index contributed by atoms with van der Waals surface area (Å²) in [5.41, 5.74) is 9.72. The lowest BCUT2D eigenvalue weighted by Crippen LogP contribution is -2.23. The molecular formula is C16H23N3. The van der Waals surface area contributed by atoms with Crippen LogP contribution in [0.4, 0.5) is 0 Å². The Morgan fingerprint density at radius 3 is 2.84 bits per heavy atom. The zero-order valence-electron chi connectivity index (χ0n) is 11.7. The molecule has 0 aliphatic heterocycles. The van der Waals surface area contributed by atoms with Crippen LogP contribution in [0.3, 0.4) is 0 Å². The molecule has 3 rings (SSSR count). The van der Waals surface area contributed by atoms with Gasteiger partial charge in [0.05, 0.1) is 17.4 Å². The highest BCUT2D eigenvalue weighted by molar-refractivity contribution is 5.76. The summed E-state index contributed by atoms with van der Waals surface area (Å²) in [5, 5.41) is 0. The van der Waals surface area contributed by atoms with Gasteiger partial charge in [-0.3, -0.25) is 0 Å². The van der Waals surface area contributed by atoms with Gasteiger partial charge in [-0.2, -0.15) is 0 Å². The fraction of sp³-hybridized carbons (Fsp3) is 0.562. The van der Waals surface area contributed by atoms with Gasteiger partial charge >= 0.3 is 0 Å². The van der Waals surface area contributed by atoms with E-state index in [2.05, 4.69) is 27.8 Å². The second-order valence-corrected chi connectivity index (χ2v) is 5.84. The molecule has 1 heterocycles. The van der Waals surface area contributed by atoms with Crippen molar-refractivity contribution >= 4 is 11.0 Å². The molecule has 0 saturated heterocycles. The maximum atomic E-state index is 6.06. The quantitative estimate of drug-likeness (QED) is 0.917. The lowest BCUT2D eigenvalue weighted by atomic mass is 9.77. The molecule has 2 aromatic rings. The molecule has 3 nitrogen and oxygen atoms in total. The highest BCUT2D eigenvalue weighted by atomic mass is 15.0. The molecule has 1 atom stereocenters. The number of aromatic nitrogens is 2. The Morgan fingerprint density at radius 1 is 1.32 bits per heavy atom. The average Bonchev–Trinajstić information content (AvgIpc) is 2.82. The van der Waals surface area contributed by atoms with E-state index in [1.165, 1.54) is 43.2 Å². The van der Waals surface area contributed by atoms with Gasteiger partial charge in [-0.25, -0.2) is 4.98 Å². The van der Waals surface area contributed by atoms with E-state index in [9.17, 15) is 0 Å². The molecule has 1 unspecified atom stereocenters. The highest BCUT2D eigenvalue weighted by Crippen LogP contribution is 2.36. The van der Waals surface area contributed by atoms with Crippen LogP contribution in [0.2, 0.25) is 0 Å². The van der Waals surface area contributed by atoms with Crippen LogP contribution in [-0.2, 0) is 7.05 Å². The van der Waals surface area contributed by atoms with E-state index in [0.29, 0.717) is 5.92 Å². The third kappa shape index (κ3) is 2.39. The molecule has 1 aromatic heterocycles. The molecule has 0 bridgehead atoms. The van der Waals surface area contributed by atoms with Crippen molar-refractivity contribution in [3.8, 4) is 0 Å². The summed E-state index contributed by atoms with van der Waals surface area (Å²) in [4.78, 5) is 4.46. The standard InChI is InChI=1S/C16H23N3/c1-19-11-18-15-9-13(7-8-16(15)19)14(10-17)12-5-3-2-4-6-12/h7-9,11-12,14H,2-6,10,17H2,1H3. The van der Waals surface area contributed by atoms with Gasteiger partial charge < -0.3 is 10.3 Å². The van der Waals surface area contributed by atoms with Crippen molar-refractivity contribution in [1.29, 1.82) is 0 Å². The van der Waals surface area contributed by atoms with Gasteiger partial charge in [-0.1, -0.05) is 25.3 Å². The molecule has 19 heavy (non-hydrogen) atoms. The lowest BCUT2D eigenvalue weighted by molar-refractivity contribution is 0.307. The van der Waals surface area contributed by atoms with Crippen molar-refractivity contribution in [3.05, 3.63) is 30.1 Å². The van der Waals surface area contributed by atoms with Gasteiger partial charge in [0.1, 0.15) is 0 Å². The Balaban J connectivity index is 1.91. The number of nitrogens with zero attached hydrogens (tertiary/aromatic N) is 2. The van der Waals surface area contributed by atoms with E-state index >= 15 is 0 Å². The van der Waals surface area contributed by atoms with Crippen molar-refractivity contribution in [2.75, 3.05) is 6.54 Å². The third-order valence-corrected chi connectivity index (χ3v) is 4.65. The van der Waals surface area contributed by atoms with E-state index in [4.69, 9.17) is 5.73 Å². The third-order valence-electron chi connectivity index (χ3n) is 4.65. The number of rotatable bonds is 3. The molecule has 1 aliphatic carbocycles. The fourth-order valence-electron chi connectivity index (χ4n) is 3.52. The molecule has 1 saturated carbocycles. The van der Waals surface area contributed by atoms with E-state index in [0.717, 1.165) is 18.0 Å². The van der Waals surface area contributed by atoms with Gasteiger partial charge in [0, 0.05) is 7.05 Å². The summed E-state index contributed by atoms with van der Waals surface area (Å²) >= 11 is 0. The van der Waals surface area contributed by atoms with Crippen molar-refractivity contribution < 1.29 is 0 Å². The maximum absolute atomic E-state index is 6.06. The largest absolute Gasteiger partial charge is 0.334 e. The van der Waals surface area contributed by atoms with Gasteiger partial charge in [-0.15, -0.1) is 0 Å². The average molecular weight is 257 g/mol. The van der Waals surface area contributed by atoms with Crippen LogP contribution >= 0.6 is 0 Å². The molecule has 1 aliphatic rings. The minimum absolute atomic E-state index is 0.506. The Bertz CT molecular complexity index is 552. The SMILES string of the molecule is Cn1cnc2cc(C(CN)C3CCCCC3)ccc21. The molecular weight excluding hydrogens is 234 g/mol. The summed E-state index contributed by atoms with van der Waals surface area (Å²) in [6.07, 6.45) is 8.68. The van der Waals surface area contributed by atoms with E-state index in [1.54, 1.807) is 0 Å². The topological polar surface area (TPSA) is 43.8 Å². The summed E-state index contributed by atoms with van der Waals surface area (Å²) < 4.78 is 2.07. The molecule has 2 N–H and O–H groups in total. The first-order valence-corrected chi connectivity index (χ1v) is 7.40. The van der Waals surface area contributed by atoms with Crippen LogP contribution in [-0.4, -0.2) is 16.1 Å². The van der Waals surface area contributed by atoms with Crippen molar-refractivity contribution in [2.24, 2.45) is 18.7 Å². The summed E-state index contributed by atoms with van der Waals surface area (Å²) in [6.45, 7) is 0.753. The molecule has 3 heteroatoms. The fourth-order valence-corrected chi connectivity index (χ4v) is 3.52. The molecule has 0 amide bonds.